The first kappa shape index (κ1) is 12.8. The van der Waals surface area contributed by atoms with Gasteiger partial charge in [-0.1, -0.05) is 0 Å². The number of nitrogens with zero attached hydrogens (tertiary/aromatic N) is 4. The fraction of sp³-hybridized carbons (Fsp3) is 0.700. The number of carbonyl (C=O) groups excluding carboxylic acids is 1. The zero-order valence-electron chi connectivity index (χ0n) is 10.3. The number of hydrogen-bond acceptors (Lipinski definition) is 7. The Labute approximate surface area is 105 Å². The van der Waals surface area contributed by atoms with Crippen LogP contribution in [0.4, 0.5) is 5.95 Å². The molecule has 2 N–H and O–H groups in total. The van der Waals surface area contributed by atoms with Crippen LogP contribution in [0, 0.1) is 0 Å². The van der Waals surface area contributed by atoms with E-state index in [9.17, 15) is 4.79 Å². The molecule has 0 saturated carbocycles. The van der Waals surface area contributed by atoms with Crippen LogP contribution in [0.5, 0.6) is 0 Å². The monoisotopic (exact) mass is 255 g/mol. The summed E-state index contributed by atoms with van der Waals surface area (Å²) >= 11 is 0. The Kier molecular flexibility index (Phi) is 4.11. The summed E-state index contributed by atoms with van der Waals surface area (Å²) in [5.41, 5.74) is 5.34. The van der Waals surface area contributed by atoms with Gasteiger partial charge in [0.1, 0.15) is 25.6 Å². The number of carbonyl (C=O) groups is 1. The first-order chi connectivity index (χ1) is 8.63. The molecule has 2 heterocycles. The molecule has 1 unspecified atom stereocenters. The topological polar surface area (TPSA) is 95.5 Å². The van der Waals surface area contributed by atoms with Crippen molar-refractivity contribution in [1.82, 2.24) is 19.7 Å². The molecule has 0 bridgehead atoms. The van der Waals surface area contributed by atoms with Crippen molar-refractivity contribution in [2.45, 2.75) is 12.6 Å². The van der Waals surface area contributed by atoms with Crippen molar-refractivity contribution in [3.05, 3.63) is 6.33 Å². The molecule has 1 aliphatic rings. The lowest BCUT2D eigenvalue weighted by molar-refractivity contribution is -0.151. The van der Waals surface area contributed by atoms with Crippen LogP contribution in [-0.4, -0.2) is 65.1 Å². The number of anilines is 1. The van der Waals surface area contributed by atoms with Crippen molar-refractivity contribution in [3.8, 4) is 0 Å². The van der Waals surface area contributed by atoms with Gasteiger partial charge in [-0.3, -0.25) is 4.79 Å². The second-order valence-electron chi connectivity index (χ2n) is 4.24. The molecule has 8 heteroatoms. The van der Waals surface area contributed by atoms with Crippen LogP contribution in [0.15, 0.2) is 6.33 Å². The number of likely N-dealkylation sites (N-methyl/N-ethyl adjacent to an activating group) is 1. The lowest BCUT2D eigenvalue weighted by atomic mass is 10.3. The zero-order chi connectivity index (χ0) is 13.0. The van der Waals surface area contributed by atoms with E-state index in [2.05, 4.69) is 15.0 Å². The molecule has 0 spiro atoms. The largest absolute Gasteiger partial charge is 0.461 e. The number of hydrogen-bond donors (Lipinski definition) is 1. The summed E-state index contributed by atoms with van der Waals surface area (Å²) in [6.07, 6.45) is 1.33. The van der Waals surface area contributed by atoms with Gasteiger partial charge >= 0.3 is 5.97 Å². The van der Waals surface area contributed by atoms with Gasteiger partial charge in [0.25, 0.3) is 0 Å². The summed E-state index contributed by atoms with van der Waals surface area (Å²) in [6, 6.07) is 0. The highest BCUT2D eigenvalue weighted by molar-refractivity contribution is 5.69. The molecule has 1 saturated heterocycles. The third-order valence-electron chi connectivity index (χ3n) is 2.62. The quantitative estimate of drug-likeness (QED) is 0.670. The average Bonchev–Trinajstić information content (AvgIpc) is 2.72. The molecule has 1 aromatic rings. The maximum absolute atomic E-state index is 11.5. The van der Waals surface area contributed by atoms with E-state index in [1.54, 1.807) is 0 Å². The first-order valence-corrected chi connectivity index (χ1v) is 5.74. The van der Waals surface area contributed by atoms with Gasteiger partial charge in [-0.2, -0.15) is 0 Å². The smallest absolute Gasteiger partial charge is 0.327 e. The highest BCUT2D eigenvalue weighted by atomic mass is 16.6. The number of nitrogens with two attached hydrogens (primary N) is 1. The first-order valence-electron chi connectivity index (χ1n) is 5.74. The number of ether oxygens (including phenoxy) is 2. The summed E-state index contributed by atoms with van der Waals surface area (Å²) in [5, 5.41) is 3.80. The van der Waals surface area contributed by atoms with Gasteiger partial charge in [-0.15, -0.1) is 5.10 Å². The standard InChI is InChI=1S/C10H17N5O3/c1-14-2-3-17-8(4-14)6-18-9(16)5-15-7-12-10(11)13-15/h7-8H,2-6H2,1H3,(H2,11,13). The predicted molar refractivity (Wildman–Crippen MR) is 62.6 cm³/mol. The Morgan fingerprint density at radius 2 is 2.56 bits per heavy atom. The second kappa shape index (κ2) is 5.78. The molecule has 1 atom stereocenters. The van der Waals surface area contributed by atoms with Crippen molar-refractivity contribution in [1.29, 1.82) is 0 Å². The van der Waals surface area contributed by atoms with Crippen LogP contribution >= 0.6 is 0 Å². The van der Waals surface area contributed by atoms with Crippen LogP contribution in [-0.2, 0) is 20.8 Å². The minimum absolute atomic E-state index is 0.00671. The Bertz CT molecular complexity index is 408. The molecule has 0 radical (unpaired) electrons. The lowest BCUT2D eigenvalue weighted by Gasteiger charge is -2.29. The van der Waals surface area contributed by atoms with Crippen molar-refractivity contribution in [2.75, 3.05) is 39.1 Å². The highest BCUT2D eigenvalue weighted by Crippen LogP contribution is 2.03. The van der Waals surface area contributed by atoms with E-state index in [1.165, 1.54) is 11.0 Å². The zero-order valence-corrected chi connectivity index (χ0v) is 10.3. The van der Waals surface area contributed by atoms with E-state index in [-0.39, 0.29) is 31.2 Å². The molecule has 0 aliphatic carbocycles. The van der Waals surface area contributed by atoms with Gasteiger partial charge in [0.05, 0.1) is 6.61 Å². The third kappa shape index (κ3) is 3.67. The maximum atomic E-state index is 11.5. The predicted octanol–water partition coefficient (Wildman–Crippen LogP) is -1.27. The molecule has 100 valence electrons. The van der Waals surface area contributed by atoms with E-state index in [0.717, 1.165) is 13.1 Å². The Hall–Kier alpha value is -1.67. The van der Waals surface area contributed by atoms with Crippen LogP contribution in [0.2, 0.25) is 0 Å². The lowest BCUT2D eigenvalue weighted by Crippen LogP contribution is -2.42. The third-order valence-corrected chi connectivity index (χ3v) is 2.62. The van der Waals surface area contributed by atoms with Crippen LogP contribution in [0.1, 0.15) is 0 Å². The summed E-state index contributed by atoms with van der Waals surface area (Å²) in [5.74, 6) is -0.239. The fourth-order valence-electron chi connectivity index (χ4n) is 1.72. The average molecular weight is 255 g/mol. The minimum Gasteiger partial charge on any atom is -0.461 e. The van der Waals surface area contributed by atoms with E-state index in [4.69, 9.17) is 15.2 Å². The van der Waals surface area contributed by atoms with Gasteiger partial charge in [0.15, 0.2) is 0 Å². The normalized spacial score (nSPS) is 20.8. The number of morpholine rings is 1. The molecular formula is C10H17N5O3. The molecule has 1 aromatic heterocycles. The molecule has 0 aromatic carbocycles. The SMILES string of the molecule is CN1CCOC(COC(=O)Cn2cnc(N)n2)C1. The molecule has 0 amide bonds. The Balaban J connectivity index is 1.71. The van der Waals surface area contributed by atoms with Gasteiger partial charge in [-0.25, -0.2) is 9.67 Å². The van der Waals surface area contributed by atoms with Crippen molar-refractivity contribution < 1.29 is 14.3 Å². The fourth-order valence-corrected chi connectivity index (χ4v) is 1.72. The molecule has 18 heavy (non-hydrogen) atoms. The molecule has 1 fully saturated rings. The molecule has 1 aliphatic heterocycles. The van der Waals surface area contributed by atoms with Crippen molar-refractivity contribution in [2.24, 2.45) is 0 Å². The molecule has 8 nitrogen and oxygen atoms in total. The van der Waals surface area contributed by atoms with Crippen LogP contribution in [0.3, 0.4) is 0 Å². The summed E-state index contributed by atoms with van der Waals surface area (Å²) < 4.78 is 11.9. The van der Waals surface area contributed by atoms with Gasteiger partial charge in [0, 0.05) is 13.1 Å². The Morgan fingerprint density at radius 3 is 3.22 bits per heavy atom. The highest BCUT2D eigenvalue weighted by Gasteiger charge is 2.19. The van der Waals surface area contributed by atoms with Gasteiger partial charge in [-0.05, 0) is 7.05 Å². The Morgan fingerprint density at radius 1 is 1.72 bits per heavy atom. The summed E-state index contributed by atoms with van der Waals surface area (Å²) in [6.45, 7) is 2.60. The summed E-state index contributed by atoms with van der Waals surface area (Å²) in [4.78, 5) is 17.4. The minimum atomic E-state index is -0.378. The van der Waals surface area contributed by atoms with Crippen molar-refractivity contribution >= 4 is 11.9 Å². The number of nitrogen functional groups attached to an aromatic ring is 1. The summed E-state index contributed by atoms with van der Waals surface area (Å²) in [7, 11) is 2.01. The molecule has 2 rings (SSSR count). The number of rotatable bonds is 4. The van der Waals surface area contributed by atoms with Crippen molar-refractivity contribution in [3.63, 3.8) is 0 Å². The molecular weight excluding hydrogens is 238 g/mol. The van der Waals surface area contributed by atoms with E-state index in [1.807, 2.05) is 7.05 Å². The van der Waals surface area contributed by atoms with E-state index < -0.39 is 0 Å². The number of aromatic nitrogens is 3. The maximum Gasteiger partial charge on any atom is 0.327 e. The second-order valence-corrected chi connectivity index (χ2v) is 4.24. The van der Waals surface area contributed by atoms with E-state index in [0.29, 0.717) is 6.61 Å². The van der Waals surface area contributed by atoms with Gasteiger partial charge < -0.3 is 20.1 Å². The van der Waals surface area contributed by atoms with Crippen LogP contribution < -0.4 is 5.73 Å². The van der Waals surface area contributed by atoms with Gasteiger partial charge in [0.2, 0.25) is 5.95 Å². The van der Waals surface area contributed by atoms with Crippen LogP contribution in [0.25, 0.3) is 0 Å². The number of esters is 1. The van der Waals surface area contributed by atoms with E-state index >= 15 is 0 Å².